The summed E-state index contributed by atoms with van der Waals surface area (Å²) in [6, 6.07) is 23.8. The number of fused-ring (bicyclic) bond motifs is 3. The topological polar surface area (TPSA) is 70.2 Å². The lowest BCUT2D eigenvalue weighted by atomic mass is 9.73. The molecule has 8 heteroatoms. The van der Waals surface area contributed by atoms with Gasteiger partial charge in [-0.1, -0.05) is 78.9 Å². The predicted octanol–water partition coefficient (Wildman–Crippen LogP) is 5.89. The van der Waals surface area contributed by atoms with Crippen molar-refractivity contribution in [2.75, 3.05) is 19.6 Å². The summed E-state index contributed by atoms with van der Waals surface area (Å²) in [6.07, 6.45) is 1.92. The summed E-state index contributed by atoms with van der Waals surface area (Å²) in [6.45, 7) is 1.34. The molecule has 0 heterocycles. The van der Waals surface area contributed by atoms with Gasteiger partial charge in [-0.25, -0.2) is 0 Å². The molecule has 1 aliphatic carbocycles. The van der Waals surface area contributed by atoms with Gasteiger partial charge in [-0.15, -0.1) is 0 Å². The number of carbonyl (C=O) groups is 2. The van der Waals surface area contributed by atoms with E-state index in [4.69, 9.17) is 0 Å². The van der Waals surface area contributed by atoms with E-state index in [1.807, 2.05) is 79.7 Å². The Morgan fingerprint density at radius 2 is 1.43 bits per heavy atom. The Hall–Kier alpha value is -4.33. The molecule has 3 N–H and O–H groups in total. The fraction of sp³-hybridized carbons (Fsp3) is 0.250. The first-order chi connectivity index (χ1) is 19.3. The van der Waals surface area contributed by atoms with Gasteiger partial charge in [-0.2, -0.15) is 13.2 Å². The van der Waals surface area contributed by atoms with E-state index in [1.54, 1.807) is 24.3 Å². The lowest BCUT2D eigenvalue weighted by molar-refractivity contribution is -0.141. The van der Waals surface area contributed by atoms with E-state index < -0.39 is 24.0 Å². The van der Waals surface area contributed by atoms with Crippen molar-refractivity contribution in [3.63, 3.8) is 0 Å². The van der Waals surface area contributed by atoms with E-state index in [1.165, 1.54) is 0 Å². The Morgan fingerprint density at radius 3 is 2.02 bits per heavy atom. The van der Waals surface area contributed by atoms with Gasteiger partial charge in [0.05, 0.1) is 0 Å². The number of allylic oxidation sites excluding steroid dienone is 2. The molecule has 5 nitrogen and oxygen atoms in total. The van der Waals surface area contributed by atoms with Crippen molar-refractivity contribution in [1.82, 2.24) is 16.0 Å². The third-order valence-electron chi connectivity index (χ3n) is 6.98. The molecule has 0 aromatic heterocycles. The van der Waals surface area contributed by atoms with Gasteiger partial charge in [0.15, 0.2) is 0 Å². The summed E-state index contributed by atoms with van der Waals surface area (Å²) in [7, 11) is 0. The van der Waals surface area contributed by atoms with Gasteiger partial charge >= 0.3 is 6.18 Å². The molecule has 3 aromatic carbocycles. The van der Waals surface area contributed by atoms with Crippen molar-refractivity contribution in [3.8, 4) is 11.1 Å². The Morgan fingerprint density at radius 1 is 0.825 bits per heavy atom. The number of nitrogens with one attached hydrogen (secondary N) is 3. The fourth-order valence-corrected chi connectivity index (χ4v) is 5.16. The fourth-order valence-electron chi connectivity index (χ4n) is 5.16. The van der Waals surface area contributed by atoms with E-state index in [0.29, 0.717) is 31.5 Å². The molecule has 4 rings (SSSR count). The first kappa shape index (κ1) is 28.7. The largest absolute Gasteiger partial charge is 0.405 e. The zero-order valence-electron chi connectivity index (χ0n) is 22.2. The van der Waals surface area contributed by atoms with E-state index in [-0.39, 0.29) is 5.91 Å². The van der Waals surface area contributed by atoms with Crippen LogP contribution in [0.1, 0.15) is 41.3 Å². The molecule has 0 saturated heterocycles. The van der Waals surface area contributed by atoms with Crippen LogP contribution >= 0.6 is 0 Å². The Kier molecular flexibility index (Phi) is 9.09. The highest BCUT2D eigenvalue weighted by molar-refractivity contribution is 6.00. The molecule has 0 radical (unpaired) electrons. The Bertz CT molecular complexity index is 1350. The van der Waals surface area contributed by atoms with E-state index in [9.17, 15) is 22.8 Å². The maximum absolute atomic E-state index is 13.6. The van der Waals surface area contributed by atoms with Crippen LogP contribution in [0, 0.1) is 0 Å². The number of carbonyl (C=O) groups excluding carboxylic acids is 2. The van der Waals surface area contributed by atoms with Crippen LogP contribution < -0.4 is 16.0 Å². The van der Waals surface area contributed by atoms with E-state index in [2.05, 4.69) is 16.0 Å². The second-order valence-corrected chi connectivity index (χ2v) is 9.55. The van der Waals surface area contributed by atoms with Crippen molar-refractivity contribution in [1.29, 1.82) is 0 Å². The molecule has 40 heavy (non-hydrogen) atoms. The zero-order valence-corrected chi connectivity index (χ0v) is 22.2. The molecular formula is C32H32F3N3O2. The van der Waals surface area contributed by atoms with Crippen LogP contribution in [0.4, 0.5) is 13.2 Å². The van der Waals surface area contributed by atoms with Crippen LogP contribution in [0.25, 0.3) is 11.1 Å². The Balaban J connectivity index is 1.43. The average molecular weight is 548 g/mol. The third kappa shape index (κ3) is 6.45. The number of alkyl halides is 3. The second kappa shape index (κ2) is 12.7. The number of benzene rings is 3. The lowest BCUT2D eigenvalue weighted by Crippen LogP contribution is -2.47. The highest BCUT2D eigenvalue weighted by Crippen LogP contribution is 2.51. The minimum Gasteiger partial charge on any atom is -0.385 e. The minimum absolute atomic E-state index is 0.161. The van der Waals surface area contributed by atoms with Crippen LogP contribution in [0.2, 0.25) is 0 Å². The smallest absolute Gasteiger partial charge is 0.385 e. The number of halogens is 3. The van der Waals surface area contributed by atoms with Crippen molar-refractivity contribution < 1.29 is 22.8 Å². The van der Waals surface area contributed by atoms with Crippen molar-refractivity contribution in [3.05, 3.63) is 119 Å². The van der Waals surface area contributed by atoms with Gasteiger partial charge < -0.3 is 16.0 Å². The molecule has 0 spiro atoms. The molecule has 0 unspecified atom stereocenters. The Labute approximate surface area is 232 Å². The number of hydrogen-bond donors (Lipinski definition) is 3. The third-order valence-corrected chi connectivity index (χ3v) is 6.98. The van der Waals surface area contributed by atoms with Crippen molar-refractivity contribution in [2.45, 2.75) is 31.4 Å². The maximum Gasteiger partial charge on any atom is 0.405 e. The number of hydrogen-bond acceptors (Lipinski definition) is 3. The highest BCUT2D eigenvalue weighted by atomic mass is 19.4. The van der Waals surface area contributed by atoms with Gasteiger partial charge in [0, 0.05) is 24.4 Å². The summed E-state index contributed by atoms with van der Waals surface area (Å²) in [5.74, 6) is -0.811. The van der Waals surface area contributed by atoms with Crippen LogP contribution in [0.15, 0.2) is 103 Å². The van der Waals surface area contributed by atoms with E-state index in [0.717, 1.165) is 28.0 Å². The summed E-state index contributed by atoms with van der Waals surface area (Å²) in [5, 5.41) is 8.32. The summed E-state index contributed by atoms with van der Waals surface area (Å²) < 4.78 is 39.2. The first-order valence-corrected chi connectivity index (χ1v) is 13.2. The molecule has 0 fully saturated rings. The molecule has 2 amide bonds. The van der Waals surface area contributed by atoms with Gasteiger partial charge in [-0.05, 0) is 60.2 Å². The maximum atomic E-state index is 13.6. The zero-order chi connectivity index (χ0) is 28.6. The van der Waals surface area contributed by atoms with Gasteiger partial charge in [0.2, 0.25) is 5.91 Å². The van der Waals surface area contributed by atoms with Crippen LogP contribution in [-0.2, 0) is 10.2 Å². The van der Waals surface area contributed by atoms with E-state index >= 15 is 0 Å². The predicted molar refractivity (Wildman–Crippen MR) is 151 cm³/mol. The molecular weight excluding hydrogens is 515 g/mol. The lowest BCUT2D eigenvalue weighted by Gasteiger charge is -2.31. The summed E-state index contributed by atoms with van der Waals surface area (Å²) >= 11 is 0. The molecule has 0 bridgehead atoms. The molecule has 0 atom stereocenters. The average Bonchev–Trinajstić information content (AvgIpc) is 3.25. The molecule has 0 saturated carbocycles. The van der Waals surface area contributed by atoms with Crippen molar-refractivity contribution in [2.24, 2.45) is 0 Å². The van der Waals surface area contributed by atoms with Gasteiger partial charge in [-0.3, -0.25) is 9.59 Å². The number of amides is 2. The molecule has 1 aliphatic rings. The molecule has 3 aromatic rings. The van der Waals surface area contributed by atoms with Crippen LogP contribution in [0.5, 0.6) is 0 Å². The quantitative estimate of drug-likeness (QED) is 0.207. The number of rotatable bonds is 11. The SMILES string of the molecule is C/C=C(\C=C/CNC(=O)c1ccccc1)NCCCC1(C(=O)NCC(F)(F)F)c2ccccc2-c2ccccc21. The molecule has 0 aliphatic heterocycles. The highest BCUT2D eigenvalue weighted by Gasteiger charge is 2.49. The van der Waals surface area contributed by atoms with Crippen LogP contribution in [0.3, 0.4) is 0 Å². The minimum atomic E-state index is -4.51. The summed E-state index contributed by atoms with van der Waals surface area (Å²) in [5.41, 5.74) is 3.35. The van der Waals surface area contributed by atoms with Crippen LogP contribution in [-0.4, -0.2) is 37.6 Å². The van der Waals surface area contributed by atoms with Gasteiger partial charge in [0.1, 0.15) is 12.0 Å². The first-order valence-electron chi connectivity index (χ1n) is 13.2. The second-order valence-electron chi connectivity index (χ2n) is 9.55. The standard InChI is InChI=1S/C32H32F3N3O2/c1-2-24(14-10-20-37-29(39)23-12-4-3-5-13-23)36-21-11-19-31(30(40)38-22-32(33,34)35)27-17-8-6-15-25(27)26-16-7-9-18-28(26)31/h2-10,12-18,36H,11,19-22H2,1H3,(H,37,39)(H,38,40)/b14-10-,24-2+. The molecule has 208 valence electrons. The van der Waals surface area contributed by atoms with Crippen molar-refractivity contribution >= 4 is 11.8 Å². The van der Waals surface area contributed by atoms with Gasteiger partial charge in [0.25, 0.3) is 5.91 Å². The monoisotopic (exact) mass is 547 g/mol. The normalized spacial score (nSPS) is 13.9. The summed E-state index contributed by atoms with van der Waals surface area (Å²) in [4.78, 5) is 25.8.